The van der Waals surface area contributed by atoms with Gasteiger partial charge in [0.15, 0.2) is 0 Å². The fraction of sp³-hybridized carbons (Fsp3) is 0.692. The molecule has 106 valence electrons. The van der Waals surface area contributed by atoms with Crippen LogP contribution < -0.4 is 10.9 Å². The monoisotopic (exact) mass is 285 g/mol. The number of anilines is 1. The molecule has 2 unspecified atom stereocenters. The van der Waals surface area contributed by atoms with Gasteiger partial charge in [-0.25, -0.2) is 4.68 Å². The standard InChI is InChI=1S/C13H20ClN3O2/c1-2-17-13(19)12(14)10(8-16-17)15-7-9-5-3-4-6-11(9)18/h8-9,11,15,18H,2-7H2,1H3. The van der Waals surface area contributed by atoms with Crippen molar-refractivity contribution in [2.45, 2.75) is 45.3 Å². The molecular weight excluding hydrogens is 266 g/mol. The number of aliphatic hydroxyl groups is 1. The maximum atomic E-state index is 11.8. The summed E-state index contributed by atoms with van der Waals surface area (Å²) in [5, 5.41) is 17.2. The van der Waals surface area contributed by atoms with Gasteiger partial charge >= 0.3 is 0 Å². The first-order valence-corrected chi connectivity index (χ1v) is 7.18. The van der Waals surface area contributed by atoms with Crippen LogP contribution in [0.3, 0.4) is 0 Å². The summed E-state index contributed by atoms with van der Waals surface area (Å²) in [5.41, 5.74) is 0.271. The second-order valence-electron chi connectivity index (χ2n) is 4.99. The predicted octanol–water partition coefficient (Wildman–Crippen LogP) is 1.88. The number of nitrogens with zero attached hydrogens (tertiary/aromatic N) is 2. The Bertz CT molecular complexity index is 489. The van der Waals surface area contributed by atoms with Crippen molar-refractivity contribution in [2.24, 2.45) is 5.92 Å². The van der Waals surface area contributed by atoms with E-state index in [1.54, 1.807) is 6.20 Å². The molecule has 1 aliphatic carbocycles. The molecule has 2 N–H and O–H groups in total. The molecule has 1 saturated carbocycles. The SMILES string of the molecule is CCn1ncc(NCC2CCCCC2O)c(Cl)c1=O. The van der Waals surface area contributed by atoms with Crippen LogP contribution in [0.15, 0.2) is 11.0 Å². The number of hydrogen-bond acceptors (Lipinski definition) is 4. The molecule has 2 rings (SSSR count). The normalized spacial score (nSPS) is 23.3. The summed E-state index contributed by atoms with van der Waals surface area (Å²) in [6.45, 7) is 2.97. The minimum Gasteiger partial charge on any atom is -0.393 e. The first-order chi connectivity index (χ1) is 9.13. The lowest BCUT2D eigenvalue weighted by molar-refractivity contribution is 0.0763. The van der Waals surface area contributed by atoms with Crippen LogP contribution in [0.2, 0.25) is 5.02 Å². The van der Waals surface area contributed by atoms with Crippen molar-refractivity contribution in [2.75, 3.05) is 11.9 Å². The Morgan fingerprint density at radius 1 is 1.53 bits per heavy atom. The number of nitrogens with one attached hydrogen (secondary N) is 1. The third-order valence-electron chi connectivity index (χ3n) is 3.71. The van der Waals surface area contributed by atoms with Crippen LogP contribution in [0.1, 0.15) is 32.6 Å². The molecule has 0 saturated heterocycles. The Labute approximate surface area is 117 Å². The molecule has 0 bridgehead atoms. The number of hydrogen-bond donors (Lipinski definition) is 2. The summed E-state index contributed by atoms with van der Waals surface area (Å²) >= 11 is 6.03. The highest BCUT2D eigenvalue weighted by Crippen LogP contribution is 2.25. The van der Waals surface area contributed by atoms with Gasteiger partial charge < -0.3 is 10.4 Å². The first-order valence-electron chi connectivity index (χ1n) is 6.81. The lowest BCUT2D eigenvalue weighted by Crippen LogP contribution is -2.31. The lowest BCUT2D eigenvalue weighted by Gasteiger charge is -2.28. The average Bonchev–Trinajstić information content (AvgIpc) is 2.42. The second kappa shape index (κ2) is 6.39. The summed E-state index contributed by atoms with van der Waals surface area (Å²) < 4.78 is 1.32. The Balaban J connectivity index is 2.03. The topological polar surface area (TPSA) is 67.2 Å². The van der Waals surface area contributed by atoms with Gasteiger partial charge in [-0.05, 0) is 19.8 Å². The average molecular weight is 286 g/mol. The van der Waals surface area contributed by atoms with Gasteiger partial charge in [0.2, 0.25) is 0 Å². The number of halogens is 1. The van der Waals surface area contributed by atoms with Crippen LogP contribution in [0.5, 0.6) is 0 Å². The van der Waals surface area contributed by atoms with Crippen molar-refractivity contribution < 1.29 is 5.11 Å². The maximum absolute atomic E-state index is 11.8. The summed E-state index contributed by atoms with van der Waals surface area (Å²) in [7, 11) is 0. The van der Waals surface area contributed by atoms with Crippen molar-refractivity contribution in [3.8, 4) is 0 Å². The molecule has 6 heteroatoms. The molecule has 0 spiro atoms. The zero-order chi connectivity index (χ0) is 13.8. The Hall–Kier alpha value is -1.07. The van der Waals surface area contributed by atoms with E-state index in [0.717, 1.165) is 25.7 Å². The van der Waals surface area contributed by atoms with E-state index in [9.17, 15) is 9.90 Å². The van der Waals surface area contributed by atoms with Crippen LogP contribution in [0.4, 0.5) is 5.69 Å². The van der Waals surface area contributed by atoms with E-state index in [1.165, 1.54) is 4.68 Å². The summed E-state index contributed by atoms with van der Waals surface area (Å²) in [6, 6.07) is 0. The molecule has 1 aromatic heterocycles. The van der Waals surface area contributed by atoms with E-state index in [2.05, 4.69) is 10.4 Å². The zero-order valence-corrected chi connectivity index (χ0v) is 11.9. The van der Waals surface area contributed by atoms with Crippen LogP contribution in [0.25, 0.3) is 0 Å². The lowest BCUT2D eigenvalue weighted by atomic mass is 9.86. The van der Waals surface area contributed by atoms with Crippen molar-refractivity contribution in [3.05, 3.63) is 21.6 Å². The molecule has 0 radical (unpaired) electrons. The number of aryl methyl sites for hydroxylation is 1. The van der Waals surface area contributed by atoms with Crippen LogP contribution in [-0.2, 0) is 6.54 Å². The van der Waals surface area contributed by atoms with Crippen LogP contribution in [0, 0.1) is 5.92 Å². The minimum atomic E-state index is -0.279. The third-order valence-corrected chi connectivity index (χ3v) is 4.07. The van der Waals surface area contributed by atoms with E-state index >= 15 is 0 Å². The van der Waals surface area contributed by atoms with E-state index in [4.69, 9.17) is 11.6 Å². The minimum absolute atomic E-state index is 0.169. The molecule has 5 nitrogen and oxygen atoms in total. The van der Waals surface area contributed by atoms with Gasteiger partial charge in [0.1, 0.15) is 5.02 Å². The fourth-order valence-corrected chi connectivity index (χ4v) is 2.69. The molecule has 0 amide bonds. The number of aliphatic hydroxyl groups excluding tert-OH is 1. The zero-order valence-electron chi connectivity index (χ0n) is 11.1. The molecule has 19 heavy (non-hydrogen) atoms. The van der Waals surface area contributed by atoms with Crippen molar-refractivity contribution in [1.82, 2.24) is 9.78 Å². The molecule has 0 aromatic carbocycles. The summed E-state index contributed by atoms with van der Waals surface area (Å²) in [6.07, 6.45) is 5.41. The highest BCUT2D eigenvalue weighted by atomic mass is 35.5. The molecule has 0 aliphatic heterocycles. The Morgan fingerprint density at radius 3 is 2.95 bits per heavy atom. The van der Waals surface area contributed by atoms with E-state index < -0.39 is 0 Å². The van der Waals surface area contributed by atoms with Gasteiger partial charge in [-0.15, -0.1) is 0 Å². The highest BCUT2D eigenvalue weighted by molar-refractivity contribution is 6.32. The second-order valence-corrected chi connectivity index (χ2v) is 5.36. The van der Waals surface area contributed by atoms with Gasteiger partial charge in [-0.1, -0.05) is 24.4 Å². The molecule has 1 aliphatic rings. The molecule has 1 heterocycles. The molecular formula is C13H20ClN3O2. The van der Waals surface area contributed by atoms with Crippen molar-refractivity contribution >= 4 is 17.3 Å². The number of rotatable bonds is 4. The van der Waals surface area contributed by atoms with E-state index in [0.29, 0.717) is 18.8 Å². The van der Waals surface area contributed by atoms with Crippen molar-refractivity contribution in [3.63, 3.8) is 0 Å². The first kappa shape index (κ1) is 14.3. The van der Waals surface area contributed by atoms with Gasteiger partial charge in [0.25, 0.3) is 5.56 Å². The molecule has 2 atom stereocenters. The molecule has 1 fully saturated rings. The smallest absolute Gasteiger partial charge is 0.287 e. The van der Waals surface area contributed by atoms with Gasteiger partial charge in [-0.2, -0.15) is 5.10 Å². The predicted molar refractivity (Wildman–Crippen MR) is 75.6 cm³/mol. The quantitative estimate of drug-likeness (QED) is 0.886. The van der Waals surface area contributed by atoms with Crippen LogP contribution in [-0.4, -0.2) is 27.5 Å². The largest absolute Gasteiger partial charge is 0.393 e. The van der Waals surface area contributed by atoms with Gasteiger partial charge in [-0.3, -0.25) is 4.79 Å². The van der Waals surface area contributed by atoms with Gasteiger partial charge in [0, 0.05) is 19.0 Å². The summed E-state index contributed by atoms with van der Waals surface area (Å²) in [5.74, 6) is 0.221. The van der Waals surface area contributed by atoms with Crippen LogP contribution >= 0.6 is 11.6 Å². The summed E-state index contributed by atoms with van der Waals surface area (Å²) in [4.78, 5) is 11.8. The number of aromatic nitrogens is 2. The highest BCUT2D eigenvalue weighted by Gasteiger charge is 2.23. The Morgan fingerprint density at radius 2 is 2.26 bits per heavy atom. The molecule has 1 aromatic rings. The third kappa shape index (κ3) is 3.28. The van der Waals surface area contributed by atoms with Crippen molar-refractivity contribution in [1.29, 1.82) is 0 Å². The fourth-order valence-electron chi connectivity index (χ4n) is 2.48. The van der Waals surface area contributed by atoms with Gasteiger partial charge in [0.05, 0.1) is 18.0 Å². The Kier molecular flexibility index (Phi) is 4.82. The van der Waals surface area contributed by atoms with E-state index in [1.807, 2.05) is 6.92 Å². The maximum Gasteiger partial charge on any atom is 0.287 e. The van der Waals surface area contributed by atoms with E-state index in [-0.39, 0.29) is 22.6 Å².